The fourth-order valence-corrected chi connectivity index (χ4v) is 9.42. The maximum absolute atomic E-state index is 2.47. The Morgan fingerprint density at radius 1 is 0.314 bits per heavy atom. The number of aromatic nitrogens is 2. The lowest BCUT2D eigenvalue weighted by molar-refractivity contribution is 1.18. The van der Waals surface area contributed by atoms with Gasteiger partial charge in [-0.25, -0.2) is 0 Å². The molecule has 11 rings (SSSR count). The van der Waals surface area contributed by atoms with E-state index in [1.807, 2.05) is 11.3 Å². The van der Waals surface area contributed by atoms with E-state index in [1.54, 1.807) is 0 Å². The number of rotatable bonds is 4. The number of hydrogen-bond donors (Lipinski definition) is 0. The van der Waals surface area contributed by atoms with E-state index in [0.717, 1.165) is 0 Å². The summed E-state index contributed by atoms with van der Waals surface area (Å²) in [7, 11) is 0. The van der Waals surface area contributed by atoms with Crippen LogP contribution in [0.4, 0.5) is 0 Å². The van der Waals surface area contributed by atoms with Crippen LogP contribution in [0, 0.1) is 0 Å². The summed E-state index contributed by atoms with van der Waals surface area (Å²) < 4.78 is 7.54. The molecule has 0 fully saturated rings. The van der Waals surface area contributed by atoms with Crippen molar-refractivity contribution in [1.29, 1.82) is 0 Å². The van der Waals surface area contributed by atoms with Gasteiger partial charge in [0.2, 0.25) is 0 Å². The third-order valence-corrected chi connectivity index (χ3v) is 11.7. The van der Waals surface area contributed by atoms with Gasteiger partial charge in [0, 0.05) is 47.3 Å². The molecule has 0 atom stereocenters. The molecule has 0 amide bonds. The van der Waals surface area contributed by atoms with Crippen molar-refractivity contribution in [2.75, 3.05) is 0 Å². The van der Waals surface area contributed by atoms with Crippen LogP contribution < -0.4 is 0 Å². The van der Waals surface area contributed by atoms with Gasteiger partial charge in [-0.15, -0.1) is 11.3 Å². The van der Waals surface area contributed by atoms with Gasteiger partial charge in [-0.1, -0.05) is 121 Å². The zero-order valence-electron chi connectivity index (χ0n) is 27.6. The van der Waals surface area contributed by atoms with Crippen LogP contribution in [0.25, 0.3) is 97.4 Å². The molecule has 0 radical (unpaired) electrons. The van der Waals surface area contributed by atoms with Crippen molar-refractivity contribution in [2.24, 2.45) is 0 Å². The second-order valence-corrected chi connectivity index (χ2v) is 14.4. The fourth-order valence-electron chi connectivity index (χ4n) is 8.30. The molecule has 3 heteroatoms. The minimum Gasteiger partial charge on any atom is -0.309 e. The summed E-state index contributed by atoms with van der Waals surface area (Å²) in [5, 5.41) is 7.67. The Balaban J connectivity index is 1.12. The van der Waals surface area contributed by atoms with Gasteiger partial charge in [0.05, 0.1) is 33.4 Å². The Bertz CT molecular complexity index is 3140. The molecule has 51 heavy (non-hydrogen) atoms. The van der Waals surface area contributed by atoms with Crippen molar-refractivity contribution in [3.05, 3.63) is 182 Å². The first kappa shape index (κ1) is 28.4. The average molecular weight is 667 g/mol. The van der Waals surface area contributed by atoms with Gasteiger partial charge in [-0.3, -0.25) is 0 Å². The summed E-state index contributed by atoms with van der Waals surface area (Å²) in [5.41, 5.74) is 12.1. The molecule has 8 aromatic carbocycles. The van der Waals surface area contributed by atoms with Crippen LogP contribution in [0.5, 0.6) is 0 Å². The van der Waals surface area contributed by atoms with E-state index in [-0.39, 0.29) is 0 Å². The molecular weight excluding hydrogens is 637 g/mol. The summed E-state index contributed by atoms with van der Waals surface area (Å²) in [6.45, 7) is 0. The van der Waals surface area contributed by atoms with Crippen molar-refractivity contribution in [3.63, 3.8) is 0 Å². The number of thiophene rings is 1. The van der Waals surface area contributed by atoms with Gasteiger partial charge >= 0.3 is 0 Å². The lowest BCUT2D eigenvalue weighted by Gasteiger charge is -2.14. The lowest BCUT2D eigenvalue weighted by atomic mass is 10.0. The quantitative estimate of drug-likeness (QED) is 0.177. The van der Waals surface area contributed by atoms with Gasteiger partial charge < -0.3 is 9.13 Å². The van der Waals surface area contributed by atoms with Crippen LogP contribution in [0.3, 0.4) is 0 Å². The number of hydrogen-bond acceptors (Lipinski definition) is 1. The van der Waals surface area contributed by atoms with E-state index in [0.29, 0.717) is 0 Å². The third-order valence-electron chi connectivity index (χ3n) is 10.5. The van der Waals surface area contributed by atoms with Crippen LogP contribution in [0.1, 0.15) is 0 Å². The molecule has 11 aromatic rings. The molecule has 0 bridgehead atoms. The molecular formula is C48H30N2S. The predicted octanol–water partition coefficient (Wildman–Crippen LogP) is 13.6. The second-order valence-electron chi connectivity index (χ2n) is 13.3. The van der Waals surface area contributed by atoms with Gasteiger partial charge in [0.1, 0.15) is 0 Å². The largest absolute Gasteiger partial charge is 0.309 e. The molecule has 0 aliphatic heterocycles. The zero-order chi connectivity index (χ0) is 33.5. The van der Waals surface area contributed by atoms with Gasteiger partial charge in [0.15, 0.2) is 0 Å². The maximum atomic E-state index is 2.47. The minimum atomic E-state index is 1.19. The Labute approximate surface area is 298 Å². The molecule has 0 saturated heterocycles. The Kier molecular flexibility index (Phi) is 6.16. The molecule has 0 spiro atoms. The van der Waals surface area contributed by atoms with E-state index in [1.165, 1.54) is 97.4 Å². The first-order chi connectivity index (χ1) is 25.3. The van der Waals surface area contributed by atoms with E-state index >= 15 is 0 Å². The zero-order valence-corrected chi connectivity index (χ0v) is 28.4. The van der Waals surface area contributed by atoms with Crippen LogP contribution in [-0.4, -0.2) is 9.13 Å². The maximum Gasteiger partial charge on any atom is 0.0555 e. The molecule has 238 valence electrons. The molecule has 0 saturated carbocycles. The fraction of sp³-hybridized carbons (Fsp3) is 0. The number of para-hydroxylation sites is 3. The molecule has 2 nitrogen and oxygen atoms in total. The summed E-state index contributed by atoms with van der Waals surface area (Å²) in [5.74, 6) is 0. The predicted molar refractivity (Wildman–Crippen MR) is 219 cm³/mol. The first-order valence-corrected chi connectivity index (χ1v) is 18.3. The third kappa shape index (κ3) is 4.22. The standard InChI is InChI=1S/C48H30N2S/c1-2-13-31(14-3-1)34-15-4-8-19-40(34)49-41-20-9-5-16-35(41)38-29-32(25-27-43(38)49)33-26-28-44-39(30-33)36-17-6-10-21-42(36)50(44)45-22-12-24-47-48(45)37-18-7-11-23-46(37)51-47/h1-30H. The average Bonchev–Trinajstić information content (AvgIpc) is 3.85. The highest BCUT2D eigenvalue weighted by Gasteiger charge is 2.19. The normalized spacial score (nSPS) is 11.9. The van der Waals surface area contributed by atoms with Crippen LogP contribution in [0.15, 0.2) is 182 Å². The summed E-state index contributed by atoms with van der Waals surface area (Å²) in [6.07, 6.45) is 0. The smallest absolute Gasteiger partial charge is 0.0555 e. The van der Waals surface area contributed by atoms with Crippen LogP contribution >= 0.6 is 11.3 Å². The summed E-state index contributed by atoms with van der Waals surface area (Å²) in [4.78, 5) is 0. The van der Waals surface area contributed by atoms with Crippen molar-refractivity contribution in [1.82, 2.24) is 9.13 Å². The highest BCUT2D eigenvalue weighted by molar-refractivity contribution is 7.25. The molecule has 3 aromatic heterocycles. The van der Waals surface area contributed by atoms with Crippen molar-refractivity contribution in [2.45, 2.75) is 0 Å². The SMILES string of the molecule is c1ccc(-c2ccccc2-n2c3ccccc3c3cc(-c4ccc5c(c4)c4ccccc4n5-c4cccc5sc6ccccc6c45)ccc32)cc1. The lowest BCUT2D eigenvalue weighted by Crippen LogP contribution is -1.97. The Morgan fingerprint density at radius 2 is 0.824 bits per heavy atom. The van der Waals surface area contributed by atoms with Crippen LogP contribution in [0.2, 0.25) is 0 Å². The molecule has 0 aliphatic carbocycles. The highest BCUT2D eigenvalue weighted by Crippen LogP contribution is 2.43. The Morgan fingerprint density at radius 3 is 1.53 bits per heavy atom. The van der Waals surface area contributed by atoms with Gasteiger partial charge in [0.25, 0.3) is 0 Å². The molecule has 0 unspecified atom stereocenters. The second kappa shape index (κ2) is 11.0. The molecule has 3 heterocycles. The number of nitrogens with zero attached hydrogens (tertiary/aromatic N) is 2. The number of benzene rings is 8. The van der Waals surface area contributed by atoms with Gasteiger partial charge in [-0.2, -0.15) is 0 Å². The minimum absolute atomic E-state index is 1.19. The van der Waals surface area contributed by atoms with Crippen molar-refractivity contribution < 1.29 is 0 Å². The van der Waals surface area contributed by atoms with E-state index in [9.17, 15) is 0 Å². The van der Waals surface area contributed by atoms with E-state index in [4.69, 9.17) is 0 Å². The highest BCUT2D eigenvalue weighted by atomic mass is 32.1. The van der Waals surface area contributed by atoms with E-state index in [2.05, 4.69) is 191 Å². The Hall–Kier alpha value is -6.42. The monoisotopic (exact) mass is 666 g/mol. The van der Waals surface area contributed by atoms with E-state index < -0.39 is 0 Å². The van der Waals surface area contributed by atoms with Gasteiger partial charge in [-0.05, 0) is 77.4 Å². The molecule has 0 N–H and O–H groups in total. The summed E-state index contributed by atoms with van der Waals surface area (Å²) in [6, 6.07) is 66.6. The van der Waals surface area contributed by atoms with Crippen molar-refractivity contribution >= 4 is 75.1 Å². The number of fused-ring (bicyclic) bond motifs is 9. The van der Waals surface area contributed by atoms with Crippen LogP contribution in [-0.2, 0) is 0 Å². The summed E-state index contributed by atoms with van der Waals surface area (Å²) >= 11 is 1.87. The van der Waals surface area contributed by atoms with Crippen molar-refractivity contribution in [3.8, 4) is 33.6 Å². The molecule has 0 aliphatic rings. The topological polar surface area (TPSA) is 9.86 Å². The first-order valence-electron chi connectivity index (χ1n) is 17.4.